The molecule has 6 heteroatoms. The van der Waals surface area contributed by atoms with Gasteiger partial charge in [0.15, 0.2) is 5.75 Å². The molecule has 0 bridgehead atoms. The third-order valence-electron chi connectivity index (χ3n) is 2.43. The number of rotatable bonds is 4. The molecule has 2 aromatic carbocycles. The summed E-state index contributed by atoms with van der Waals surface area (Å²) in [7, 11) is 0. The van der Waals surface area contributed by atoms with Crippen LogP contribution in [0.5, 0.6) is 5.75 Å². The van der Waals surface area contributed by atoms with Crippen LogP contribution in [0.2, 0.25) is 0 Å². The van der Waals surface area contributed by atoms with Crippen molar-refractivity contribution in [3.8, 4) is 5.75 Å². The van der Waals surface area contributed by atoms with Gasteiger partial charge in [-0.1, -0.05) is 18.2 Å². The quantitative estimate of drug-likeness (QED) is 0.862. The van der Waals surface area contributed by atoms with Gasteiger partial charge in [-0.25, -0.2) is 0 Å². The molecule has 5 nitrogen and oxygen atoms in total. The second-order valence-electron chi connectivity index (χ2n) is 3.67. The van der Waals surface area contributed by atoms with Gasteiger partial charge in [-0.3, -0.25) is 4.79 Å². The summed E-state index contributed by atoms with van der Waals surface area (Å²) in [6, 6.07) is 13.1. The molecule has 19 heavy (non-hydrogen) atoms. The summed E-state index contributed by atoms with van der Waals surface area (Å²) in [5, 5.41) is 5.43. The third-order valence-corrected chi connectivity index (χ3v) is 2.60. The van der Waals surface area contributed by atoms with Gasteiger partial charge >= 0.3 is 0 Å². The van der Waals surface area contributed by atoms with Crippen LogP contribution in [0.3, 0.4) is 0 Å². The number of anilines is 1. The number of carbonyl (C=O) groups is 1. The number of halogens is 1. The number of amides is 1. The molecule has 0 aromatic heterocycles. The molecule has 0 spiro atoms. The number of hydrogen-bond acceptors (Lipinski definition) is 4. The van der Waals surface area contributed by atoms with E-state index < -0.39 is 0 Å². The smallest absolute Gasteiger partial charge is 0.259 e. The minimum absolute atomic E-state index is 0.0761. The maximum absolute atomic E-state index is 12.0. The van der Waals surface area contributed by atoms with E-state index in [0.717, 1.165) is 0 Å². The fourth-order valence-corrected chi connectivity index (χ4v) is 1.67. The van der Waals surface area contributed by atoms with Crippen molar-refractivity contribution in [1.29, 1.82) is 0 Å². The molecule has 2 aromatic rings. The largest absolute Gasteiger partial charge is 0.385 e. The predicted molar refractivity (Wildman–Crippen MR) is 72.8 cm³/mol. The first-order valence-electron chi connectivity index (χ1n) is 5.37. The Bertz CT molecular complexity index is 602. The molecule has 2 rings (SSSR count). The maximum atomic E-state index is 12.0. The van der Waals surface area contributed by atoms with E-state index in [2.05, 4.69) is 14.8 Å². The van der Waals surface area contributed by atoms with Crippen molar-refractivity contribution in [3.05, 3.63) is 59.0 Å². The number of carbonyl (C=O) groups excluding carboxylic acids is 1. The van der Waals surface area contributed by atoms with Crippen LogP contribution in [0.1, 0.15) is 10.4 Å². The van der Waals surface area contributed by atoms with Crippen LogP contribution in [-0.4, -0.2) is 5.91 Å². The van der Waals surface area contributed by atoms with Gasteiger partial charge in [0.2, 0.25) is 0 Å². The molecule has 1 amide bonds. The molecule has 0 aliphatic heterocycles. The lowest BCUT2D eigenvalue weighted by Crippen LogP contribution is -2.12. The monoisotopic (exact) mass is 276 g/mol. The highest BCUT2D eigenvalue weighted by Gasteiger charge is 2.14. The van der Waals surface area contributed by atoms with Crippen molar-refractivity contribution in [1.82, 2.24) is 0 Å². The standard InChI is InChI=1S/C13H9ClN2O3/c14-19-12-8-10(16-18)6-7-11(12)13(17)15-9-4-2-1-3-5-9/h1-8H,(H,15,17). The molecule has 0 radical (unpaired) electrons. The van der Waals surface area contributed by atoms with Gasteiger partial charge < -0.3 is 9.61 Å². The topological polar surface area (TPSA) is 67.8 Å². The zero-order chi connectivity index (χ0) is 13.7. The van der Waals surface area contributed by atoms with Crippen LogP contribution in [0.4, 0.5) is 11.4 Å². The van der Waals surface area contributed by atoms with E-state index in [0.29, 0.717) is 5.69 Å². The fourth-order valence-electron chi connectivity index (χ4n) is 1.54. The van der Waals surface area contributed by atoms with Crippen LogP contribution in [-0.2, 0) is 0 Å². The lowest BCUT2D eigenvalue weighted by Gasteiger charge is -2.07. The van der Waals surface area contributed by atoms with E-state index in [1.165, 1.54) is 18.2 Å². The van der Waals surface area contributed by atoms with E-state index in [1.54, 1.807) is 24.3 Å². The van der Waals surface area contributed by atoms with Crippen LogP contribution < -0.4 is 9.61 Å². The molecule has 0 saturated heterocycles. The Morgan fingerprint density at radius 3 is 2.53 bits per heavy atom. The van der Waals surface area contributed by atoms with E-state index in [-0.39, 0.29) is 22.9 Å². The summed E-state index contributed by atoms with van der Waals surface area (Å²) in [5.41, 5.74) is 0.990. The summed E-state index contributed by atoms with van der Waals surface area (Å²) >= 11 is 5.28. The summed E-state index contributed by atoms with van der Waals surface area (Å²) < 4.78 is 4.56. The molecule has 0 heterocycles. The van der Waals surface area contributed by atoms with Crippen LogP contribution in [0.25, 0.3) is 0 Å². The number of nitrogens with one attached hydrogen (secondary N) is 1. The highest BCUT2D eigenvalue weighted by molar-refractivity contribution is 6.11. The molecule has 0 aliphatic rings. The molecule has 0 saturated carbocycles. The zero-order valence-corrected chi connectivity index (χ0v) is 10.4. The highest BCUT2D eigenvalue weighted by atomic mass is 35.5. The molecular weight excluding hydrogens is 268 g/mol. The SMILES string of the molecule is O=Nc1ccc(C(=O)Nc2ccccc2)c(OCl)c1. The summed E-state index contributed by atoms with van der Waals surface area (Å²) in [6.07, 6.45) is 0. The number of para-hydroxylation sites is 1. The molecule has 96 valence electrons. The van der Waals surface area contributed by atoms with E-state index in [1.807, 2.05) is 6.07 Å². The molecule has 0 fully saturated rings. The van der Waals surface area contributed by atoms with Gasteiger partial charge in [0.05, 0.1) is 5.56 Å². The lowest BCUT2D eigenvalue weighted by molar-refractivity contribution is 0.102. The Balaban J connectivity index is 2.26. The zero-order valence-electron chi connectivity index (χ0n) is 9.67. The van der Waals surface area contributed by atoms with Crippen molar-refractivity contribution < 1.29 is 9.08 Å². The minimum atomic E-state index is -0.390. The maximum Gasteiger partial charge on any atom is 0.259 e. The molecule has 0 atom stereocenters. The van der Waals surface area contributed by atoms with Crippen molar-refractivity contribution in [2.24, 2.45) is 5.18 Å². The van der Waals surface area contributed by atoms with Crippen LogP contribution in [0.15, 0.2) is 53.7 Å². The van der Waals surface area contributed by atoms with Gasteiger partial charge in [0.25, 0.3) is 5.91 Å². The average Bonchev–Trinajstić information content (AvgIpc) is 2.47. The Kier molecular flexibility index (Phi) is 4.10. The fraction of sp³-hybridized carbons (Fsp3) is 0. The summed E-state index contributed by atoms with van der Waals surface area (Å²) in [5.74, 6) is -0.313. The van der Waals surface area contributed by atoms with E-state index in [9.17, 15) is 9.70 Å². The first-order valence-corrected chi connectivity index (χ1v) is 5.68. The first kappa shape index (κ1) is 13.0. The molecular formula is C13H9ClN2O3. The highest BCUT2D eigenvalue weighted by Crippen LogP contribution is 2.26. The minimum Gasteiger partial charge on any atom is -0.385 e. The number of benzene rings is 2. The predicted octanol–water partition coefficient (Wildman–Crippen LogP) is 3.87. The van der Waals surface area contributed by atoms with Crippen LogP contribution in [0, 0.1) is 4.91 Å². The third kappa shape index (κ3) is 3.08. The Labute approximate surface area is 114 Å². The Hall–Kier alpha value is -2.40. The number of nitroso groups, excluding NO2 is 1. The number of hydrogen-bond donors (Lipinski definition) is 1. The van der Waals surface area contributed by atoms with E-state index in [4.69, 9.17) is 11.9 Å². The van der Waals surface area contributed by atoms with Gasteiger partial charge in [-0.2, -0.15) is 0 Å². The van der Waals surface area contributed by atoms with Crippen LogP contribution >= 0.6 is 11.9 Å². The molecule has 0 aliphatic carbocycles. The van der Waals surface area contributed by atoms with Crippen molar-refractivity contribution in [3.63, 3.8) is 0 Å². The number of nitrogens with zero attached hydrogens (tertiary/aromatic N) is 1. The normalized spacial score (nSPS) is 9.74. The van der Waals surface area contributed by atoms with Crippen molar-refractivity contribution >= 4 is 29.1 Å². The average molecular weight is 277 g/mol. The Morgan fingerprint density at radius 1 is 1.16 bits per heavy atom. The van der Waals surface area contributed by atoms with Gasteiger partial charge in [-0.15, -0.1) is 4.91 Å². The van der Waals surface area contributed by atoms with Crippen molar-refractivity contribution in [2.45, 2.75) is 0 Å². The summed E-state index contributed by atoms with van der Waals surface area (Å²) in [6.45, 7) is 0. The second kappa shape index (κ2) is 5.97. The first-order chi connectivity index (χ1) is 9.24. The Morgan fingerprint density at radius 2 is 1.89 bits per heavy atom. The van der Waals surface area contributed by atoms with Gasteiger partial charge in [0, 0.05) is 11.8 Å². The van der Waals surface area contributed by atoms with Gasteiger partial charge in [0.1, 0.15) is 17.6 Å². The summed E-state index contributed by atoms with van der Waals surface area (Å²) in [4.78, 5) is 22.4. The second-order valence-corrected chi connectivity index (χ2v) is 3.82. The lowest BCUT2D eigenvalue weighted by atomic mass is 10.1. The van der Waals surface area contributed by atoms with Gasteiger partial charge in [-0.05, 0) is 29.4 Å². The molecule has 0 unspecified atom stereocenters. The molecule has 1 N–H and O–H groups in total. The van der Waals surface area contributed by atoms with Crippen molar-refractivity contribution in [2.75, 3.05) is 5.32 Å². The van der Waals surface area contributed by atoms with E-state index >= 15 is 0 Å².